The highest BCUT2D eigenvalue weighted by atomic mass is 16.2. The zero-order valence-corrected chi connectivity index (χ0v) is 19.9. The van der Waals surface area contributed by atoms with Crippen molar-refractivity contribution < 1.29 is 9.59 Å². The van der Waals surface area contributed by atoms with Gasteiger partial charge >= 0.3 is 0 Å². The number of pyridine rings is 2. The quantitative estimate of drug-likeness (QED) is 0.539. The van der Waals surface area contributed by atoms with Gasteiger partial charge in [-0.15, -0.1) is 0 Å². The fourth-order valence-electron chi connectivity index (χ4n) is 4.58. The molecule has 0 atom stereocenters. The average Bonchev–Trinajstić information content (AvgIpc) is 3.12. The van der Waals surface area contributed by atoms with Crippen molar-refractivity contribution in [2.75, 3.05) is 37.6 Å². The fraction of sp³-hybridized carbons (Fsp3) is 0.458. The van der Waals surface area contributed by atoms with Gasteiger partial charge in [-0.2, -0.15) is 5.10 Å². The number of hydrogen-bond acceptors (Lipinski definition) is 6. The number of fused-ring (bicyclic) bond motifs is 1. The molecule has 3 aromatic heterocycles. The lowest BCUT2D eigenvalue weighted by molar-refractivity contribution is -0.131. The number of hydrogen-bond donors (Lipinski definition) is 2. The molecule has 1 fully saturated rings. The van der Waals surface area contributed by atoms with Crippen LogP contribution >= 0.6 is 0 Å². The fourth-order valence-corrected chi connectivity index (χ4v) is 4.58. The molecule has 0 spiro atoms. The Morgan fingerprint density at radius 1 is 1.12 bits per heavy atom. The second-order valence-electron chi connectivity index (χ2n) is 8.65. The van der Waals surface area contributed by atoms with Gasteiger partial charge in [0, 0.05) is 69.8 Å². The first kappa shape index (κ1) is 23.5. The van der Waals surface area contributed by atoms with Crippen molar-refractivity contribution in [1.82, 2.24) is 30.0 Å². The lowest BCUT2D eigenvalue weighted by Crippen LogP contribution is -2.49. The van der Waals surface area contributed by atoms with Crippen molar-refractivity contribution in [3.05, 3.63) is 51.6 Å². The van der Waals surface area contributed by atoms with Gasteiger partial charge in [-0.3, -0.25) is 19.1 Å². The number of aromatic amines is 1. The molecular weight excluding hydrogens is 434 g/mol. The molecule has 1 aliphatic rings. The van der Waals surface area contributed by atoms with Crippen LogP contribution in [0.1, 0.15) is 29.7 Å². The third-order valence-corrected chi connectivity index (χ3v) is 6.42. The third-order valence-electron chi connectivity index (χ3n) is 6.42. The molecule has 0 saturated carbocycles. The SMILES string of the molecule is Cc1nn(C)c2[nH]c(=O)c(CCC(=O)NCCC(=O)N3CCN(c4ccccn4)CC3)c(C)c12. The molecule has 2 N–H and O–H groups in total. The molecule has 4 heterocycles. The lowest BCUT2D eigenvalue weighted by atomic mass is 10.0. The number of carbonyl (C=O) groups excluding carboxylic acids is 2. The number of carbonyl (C=O) groups is 2. The molecule has 10 nitrogen and oxygen atoms in total. The summed E-state index contributed by atoms with van der Waals surface area (Å²) in [7, 11) is 1.79. The lowest BCUT2D eigenvalue weighted by Gasteiger charge is -2.35. The molecule has 4 rings (SSSR count). The first-order chi connectivity index (χ1) is 16.3. The topological polar surface area (TPSA) is 116 Å². The second kappa shape index (κ2) is 10.1. The second-order valence-corrected chi connectivity index (χ2v) is 8.65. The number of nitrogens with zero attached hydrogens (tertiary/aromatic N) is 5. The van der Waals surface area contributed by atoms with Crippen LogP contribution in [0.4, 0.5) is 5.82 Å². The summed E-state index contributed by atoms with van der Waals surface area (Å²) in [5, 5.41) is 8.11. The number of anilines is 1. The number of H-pyrrole nitrogens is 1. The first-order valence-corrected chi connectivity index (χ1v) is 11.6. The minimum absolute atomic E-state index is 0.0331. The number of aromatic nitrogens is 4. The smallest absolute Gasteiger partial charge is 0.253 e. The summed E-state index contributed by atoms with van der Waals surface area (Å²) in [6.07, 6.45) is 2.55. The Hall–Kier alpha value is -3.69. The van der Waals surface area contributed by atoms with E-state index in [-0.39, 0.29) is 36.8 Å². The van der Waals surface area contributed by atoms with E-state index in [9.17, 15) is 14.4 Å². The first-order valence-electron chi connectivity index (χ1n) is 11.6. The van der Waals surface area contributed by atoms with Crippen LogP contribution in [0.15, 0.2) is 29.2 Å². The zero-order chi connectivity index (χ0) is 24.2. The molecule has 1 saturated heterocycles. The molecular formula is C24H31N7O3. The molecule has 3 aromatic rings. The average molecular weight is 466 g/mol. The summed E-state index contributed by atoms with van der Waals surface area (Å²) in [4.78, 5) is 48.7. The summed E-state index contributed by atoms with van der Waals surface area (Å²) in [5.41, 5.74) is 2.79. The van der Waals surface area contributed by atoms with Gasteiger partial charge in [0.1, 0.15) is 11.5 Å². The molecule has 180 valence electrons. The summed E-state index contributed by atoms with van der Waals surface area (Å²) < 4.78 is 1.66. The van der Waals surface area contributed by atoms with Crippen molar-refractivity contribution in [2.45, 2.75) is 33.1 Å². The summed E-state index contributed by atoms with van der Waals surface area (Å²) in [6.45, 7) is 6.84. The Balaban J connectivity index is 1.23. The highest BCUT2D eigenvalue weighted by Gasteiger charge is 2.22. The monoisotopic (exact) mass is 465 g/mol. The van der Waals surface area contributed by atoms with Crippen molar-refractivity contribution in [3.8, 4) is 0 Å². The van der Waals surface area contributed by atoms with E-state index in [0.29, 0.717) is 30.7 Å². The van der Waals surface area contributed by atoms with E-state index in [1.807, 2.05) is 36.9 Å². The summed E-state index contributed by atoms with van der Waals surface area (Å²) in [5.74, 6) is 0.786. The van der Waals surface area contributed by atoms with Crippen LogP contribution in [0.5, 0.6) is 0 Å². The van der Waals surface area contributed by atoms with E-state index in [1.165, 1.54) is 0 Å². The van der Waals surface area contributed by atoms with Crippen LogP contribution in [0.25, 0.3) is 11.0 Å². The van der Waals surface area contributed by atoms with Crippen molar-refractivity contribution in [1.29, 1.82) is 0 Å². The van der Waals surface area contributed by atoms with E-state index in [2.05, 4.69) is 25.3 Å². The minimum atomic E-state index is -0.194. The maximum absolute atomic E-state index is 12.5. The Labute approximate surface area is 198 Å². The molecule has 10 heteroatoms. The van der Waals surface area contributed by atoms with Crippen molar-refractivity contribution >= 4 is 28.7 Å². The Morgan fingerprint density at radius 2 is 1.88 bits per heavy atom. The standard InChI is InChI=1S/C24H31N7O3/c1-16-18(24(34)27-23-22(16)17(2)28-29(23)3)7-8-20(32)26-11-9-21(33)31-14-12-30(13-15-31)19-6-4-5-10-25-19/h4-6,10H,7-9,11-15H2,1-3H3,(H,26,32)(H,27,34). The van der Waals surface area contributed by atoms with E-state index in [1.54, 1.807) is 17.9 Å². The largest absolute Gasteiger partial charge is 0.356 e. The van der Waals surface area contributed by atoms with Gasteiger partial charge in [-0.25, -0.2) is 4.98 Å². The van der Waals surface area contributed by atoms with Gasteiger partial charge in [0.05, 0.1) is 5.69 Å². The van der Waals surface area contributed by atoms with Gasteiger partial charge < -0.3 is 20.1 Å². The number of nitrogens with one attached hydrogen (secondary N) is 2. The maximum atomic E-state index is 12.5. The summed E-state index contributed by atoms with van der Waals surface area (Å²) >= 11 is 0. The van der Waals surface area contributed by atoms with E-state index in [0.717, 1.165) is 35.6 Å². The third kappa shape index (κ3) is 4.95. The molecule has 34 heavy (non-hydrogen) atoms. The van der Waals surface area contributed by atoms with Gasteiger partial charge in [0.15, 0.2) is 0 Å². The van der Waals surface area contributed by atoms with Gasteiger partial charge in [0.25, 0.3) is 5.56 Å². The van der Waals surface area contributed by atoms with Crippen molar-refractivity contribution in [3.63, 3.8) is 0 Å². The van der Waals surface area contributed by atoms with Gasteiger partial charge in [-0.05, 0) is 38.0 Å². The number of rotatable bonds is 7. The van der Waals surface area contributed by atoms with Gasteiger partial charge in [-0.1, -0.05) is 6.07 Å². The predicted molar refractivity (Wildman–Crippen MR) is 130 cm³/mol. The summed E-state index contributed by atoms with van der Waals surface area (Å²) in [6, 6.07) is 5.81. The molecule has 0 aromatic carbocycles. The minimum Gasteiger partial charge on any atom is -0.356 e. The Bertz CT molecular complexity index is 1240. The van der Waals surface area contributed by atoms with Crippen molar-refractivity contribution in [2.24, 2.45) is 7.05 Å². The van der Waals surface area contributed by atoms with E-state index < -0.39 is 0 Å². The molecule has 1 aliphatic heterocycles. The molecule has 0 bridgehead atoms. The highest BCUT2D eigenvalue weighted by molar-refractivity contribution is 5.83. The normalized spacial score (nSPS) is 14.0. The molecule has 0 radical (unpaired) electrons. The Kier molecular flexibility index (Phi) is 6.95. The molecule has 0 aliphatic carbocycles. The number of aryl methyl sites for hydroxylation is 3. The molecule has 2 amide bonds. The highest BCUT2D eigenvalue weighted by Crippen LogP contribution is 2.21. The Morgan fingerprint density at radius 3 is 2.59 bits per heavy atom. The zero-order valence-electron chi connectivity index (χ0n) is 19.9. The molecule has 0 unspecified atom stereocenters. The number of amides is 2. The van der Waals surface area contributed by atoms with E-state index >= 15 is 0 Å². The van der Waals surface area contributed by atoms with Gasteiger partial charge in [0.2, 0.25) is 11.8 Å². The number of piperazine rings is 1. The van der Waals surface area contributed by atoms with Crippen LogP contribution in [0.3, 0.4) is 0 Å². The van der Waals surface area contributed by atoms with Crippen LogP contribution < -0.4 is 15.8 Å². The van der Waals surface area contributed by atoms with Crippen LogP contribution in [-0.4, -0.2) is 69.2 Å². The van der Waals surface area contributed by atoms with Crippen LogP contribution in [-0.2, 0) is 23.1 Å². The van der Waals surface area contributed by atoms with E-state index in [4.69, 9.17) is 0 Å². The predicted octanol–water partition coefficient (Wildman–Crippen LogP) is 1.06. The van der Waals surface area contributed by atoms with Crippen LogP contribution in [0, 0.1) is 13.8 Å². The maximum Gasteiger partial charge on any atom is 0.253 e. The van der Waals surface area contributed by atoms with Crippen LogP contribution in [0.2, 0.25) is 0 Å².